The molecule has 118 valence electrons. The van der Waals surface area contributed by atoms with Gasteiger partial charge < -0.3 is 4.74 Å². The third-order valence-electron chi connectivity index (χ3n) is 3.84. The molecule has 2 rings (SSSR count). The molecule has 0 bridgehead atoms. The summed E-state index contributed by atoms with van der Waals surface area (Å²) in [6.07, 6.45) is 3.15. The maximum atomic E-state index is 11.3. The fraction of sp³-hybridized carbons (Fsp3) is 0.150. The number of esters is 1. The molecule has 0 aliphatic heterocycles. The third kappa shape index (κ3) is 3.34. The van der Waals surface area contributed by atoms with Gasteiger partial charge in [-0.15, -0.1) is 0 Å². The number of hydrogen-bond acceptors (Lipinski definition) is 4. The molecule has 0 aromatic heterocycles. The van der Waals surface area contributed by atoms with E-state index in [1.807, 2.05) is 30.3 Å². The van der Waals surface area contributed by atoms with Gasteiger partial charge in [0.05, 0.1) is 24.8 Å². The molecule has 0 N–H and O–H groups in total. The number of nitriles is 2. The molecule has 4 nitrogen and oxygen atoms in total. The lowest BCUT2D eigenvalue weighted by molar-refractivity contribution is -0.134. The van der Waals surface area contributed by atoms with E-state index in [-0.39, 0.29) is 6.42 Å². The molecule has 0 heterocycles. The smallest absolute Gasteiger partial charge is 0.330 e. The molecule has 0 saturated carbocycles. The lowest BCUT2D eigenvalue weighted by atomic mass is 9.71. The zero-order valence-corrected chi connectivity index (χ0v) is 13.3. The second kappa shape index (κ2) is 7.76. The largest absolute Gasteiger partial charge is 0.466 e. The van der Waals surface area contributed by atoms with Crippen LogP contribution in [0, 0.1) is 22.7 Å². The van der Waals surface area contributed by atoms with Crippen LogP contribution in [0.5, 0.6) is 0 Å². The van der Waals surface area contributed by atoms with Crippen LogP contribution >= 0.6 is 0 Å². The monoisotopic (exact) mass is 316 g/mol. The molecule has 0 aliphatic rings. The molecule has 4 heteroatoms. The fourth-order valence-corrected chi connectivity index (χ4v) is 2.63. The van der Waals surface area contributed by atoms with Crippen LogP contribution in [-0.4, -0.2) is 13.1 Å². The highest BCUT2D eigenvalue weighted by atomic mass is 16.5. The van der Waals surface area contributed by atoms with E-state index >= 15 is 0 Å². The van der Waals surface area contributed by atoms with Crippen molar-refractivity contribution in [3.8, 4) is 12.1 Å². The van der Waals surface area contributed by atoms with Crippen LogP contribution in [0.1, 0.15) is 23.1 Å². The molecule has 1 atom stereocenters. The molecule has 0 aliphatic carbocycles. The normalized spacial score (nSPS) is 12.8. The zero-order chi connectivity index (χ0) is 17.4. The van der Waals surface area contributed by atoms with Gasteiger partial charge in [0.15, 0.2) is 0 Å². The Hall–Kier alpha value is -3.37. The van der Waals surface area contributed by atoms with Crippen molar-refractivity contribution in [2.24, 2.45) is 0 Å². The van der Waals surface area contributed by atoms with E-state index < -0.39 is 11.4 Å². The first-order chi connectivity index (χ1) is 11.7. The SMILES string of the molecule is COC(=O)/C=C/C[C@](C#N)(c1ccccc1)c1ccccc1C#N. The van der Waals surface area contributed by atoms with Crippen molar-refractivity contribution in [1.82, 2.24) is 0 Å². The third-order valence-corrected chi connectivity index (χ3v) is 3.84. The quantitative estimate of drug-likeness (QED) is 0.625. The lowest BCUT2D eigenvalue weighted by Gasteiger charge is -2.27. The van der Waals surface area contributed by atoms with Crippen LogP contribution in [0.2, 0.25) is 0 Å². The van der Waals surface area contributed by atoms with Gasteiger partial charge in [0.25, 0.3) is 0 Å². The number of methoxy groups -OCH3 is 1. The minimum Gasteiger partial charge on any atom is -0.466 e. The standard InChI is InChI=1S/C20H16N2O2/c1-24-19(23)12-7-13-20(15-22,17-9-3-2-4-10-17)18-11-6-5-8-16(18)14-21/h2-12H,13H2,1H3/b12-7+/t20-/m0/s1. The van der Waals surface area contributed by atoms with Gasteiger partial charge in [-0.05, 0) is 23.6 Å². The number of nitrogens with zero attached hydrogens (tertiary/aromatic N) is 2. The van der Waals surface area contributed by atoms with Crippen molar-refractivity contribution >= 4 is 5.97 Å². The van der Waals surface area contributed by atoms with Gasteiger partial charge in [-0.2, -0.15) is 10.5 Å². The van der Waals surface area contributed by atoms with Gasteiger partial charge in [0.1, 0.15) is 5.41 Å². The van der Waals surface area contributed by atoms with Crippen molar-refractivity contribution < 1.29 is 9.53 Å². The molecule has 24 heavy (non-hydrogen) atoms. The molecule has 0 spiro atoms. The summed E-state index contributed by atoms with van der Waals surface area (Å²) in [7, 11) is 1.30. The Labute approximate surface area is 141 Å². The van der Waals surface area contributed by atoms with Gasteiger partial charge in [-0.25, -0.2) is 4.79 Å². The summed E-state index contributed by atoms with van der Waals surface area (Å²) < 4.78 is 4.59. The number of rotatable bonds is 5. The summed E-state index contributed by atoms with van der Waals surface area (Å²) in [5.41, 5.74) is 0.771. The van der Waals surface area contributed by atoms with Crippen LogP contribution in [0.3, 0.4) is 0 Å². The first kappa shape index (κ1) is 17.0. The Bertz CT molecular complexity index is 829. The number of carbonyl (C=O) groups is 1. The van der Waals surface area contributed by atoms with Crippen LogP contribution < -0.4 is 0 Å². The molecule has 0 saturated heterocycles. The summed E-state index contributed by atoms with van der Waals surface area (Å²) in [5, 5.41) is 19.4. The number of hydrogen-bond donors (Lipinski definition) is 0. The second-order valence-electron chi connectivity index (χ2n) is 5.17. The first-order valence-corrected chi connectivity index (χ1v) is 7.39. The van der Waals surface area contributed by atoms with Crippen LogP contribution in [0.25, 0.3) is 0 Å². The summed E-state index contributed by atoms with van der Waals surface area (Å²) in [5.74, 6) is -0.483. The summed E-state index contributed by atoms with van der Waals surface area (Å²) in [6, 6.07) is 20.8. The van der Waals surface area contributed by atoms with Crippen molar-refractivity contribution in [1.29, 1.82) is 10.5 Å². The lowest BCUT2D eigenvalue weighted by Crippen LogP contribution is -2.26. The summed E-state index contributed by atoms with van der Waals surface area (Å²) >= 11 is 0. The van der Waals surface area contributed by atoms with Crippen molar-refractivity contribution in [3.05, 3.63) is 83.4 Å². The van der Waals surface area contributed by atoms with E-state index in [9.17, 15) is 15.3 Å². The van der Waals surface area contributed by atoms with E-state index in [4.69, 9.17) is 0 Å². The minimum absolute atomic E-state index is 0.251. The summed E-state index contributed by atoms with van der Waals surface area (Å²) in [4.78, 5) is 11.3. The summed E-state index contributed by atoms with van der Waals surface area (Å²) in [6.45, 7) is 0. The molecular formula is C20H16N2O2. The predicted octanol–water partition coefficient (Wildman–Crippen LogP) is 3.49. The average molecular weight is 316 g/mol. The molecule has 0 radical (unpaired) electrons. The average Bonchev–Trinajstić information content (AvgIpc) is 2.66. The minimum atomic E-state index is -1.06. The number of benzene rings is 2. The first-order valence-electron chi connectivity index (χ1n) is 7.39. The van der Waals surface area contributed by atoms with Crippen molar-refractivity contribution in [2.45, 2.75) is 11.8 Å². The van der Waals surface area contributed by atoms with Gasteiger partial charge in [0.2, 0.25) is 0 Å². The topological polar surface area (TPSA) is 73.9 Å². The zero-order valence-electron chi connectivity index (χ0n) is 13.3. The van der Waals surface area contributed by atoms with Gasteiger partial charge in [-0.1, -0.05) is 54.6 Å². The highest BCUT2D eigenvalue weighted by Gasteiger charge is 2.35. The maximum Gasteiger partial charge on any atom is 0.330 e. The highest BCUT2D eigenvalue weighted by molar-refractivity contribution is 5.81. The Balaban J connectivity index is 2.61. The number of ether oxygens (including phenoxy) is 1. The Kier molecular flexibility index (Phi) is 5.49. The Morgan fingerprint density at radius 1 is 1.12 bits per heavy atom. The van der Waals surface area contributed by atoms with Crippen molar-refractivity contribution in [2.75, 3.05) is 7.11 Å². The van der Waals surface area contributed by atoms with E-state index in [1.165, 1.54) is 13.2 Å². The van der Waals surface area contributed by atoms with Crippen molar-refractivity contribution in [3.63, 3.8) is 0 Å². The fourth-order valence-electron chi connectivity index (χ4n) is 2.63. The van der Waals surface area contributed by atoms with Gasteiger partial charge in [0, 0.05) is 6.08 Å². The molecule has 2 aromatic rings. The van der Waals surface area contributed by atoms with Gasteiger partial charge in [-0.3, -0.25) is 0 Å². The highest BCUT2D eigenvalue weighted by Crippen LogP contribution is 2.37. The Morgan fingerprint density at radius 2 is 1.79 bits per heavy atom. The molecular weight excluding hydrogens is 300 g/mol. The molecule has 0 fully saturated rings. The number of carbonyl (C=O) groups excluding carboxylic acids is 1. The van der Waals surface area contributed by atoms with E-state index in [2.05, 4.69) is 16.9 Å². The molecule has 0 unspecified atom stereocenters. The molecule has 0 amide bonds. The van der Waals surface area contributed by atoms with Crippen LogP contribution in [0.15, 0.2) is 66.7 Å². The van der Waals surface area contributed by atoms with E-state index in [0.717, 1.165) is 5.56 Å². The maximum absolute atomic E-state index is 11.3. The van der Waals surface area contributed by atoms with Crippen LogP contribution in [0.4, 0.5) is 0 Å². The van der Waals surface area contributed by atoms with E-state index in [0.29, 0.717) is 11.1 Å². The van der Waals surface area contributed by atoms with Crippen LogP contribution in [-0.2, 0) is 14.9 Å². The van der Waals surface area contributed by atoms with E-state index in [1.54, 1.807) is 30.3 Å². The second-order valence-corrected chi connectivity index (χ2v) is 5.17. The van der Waals surface area contributed by atoms with Gasteiger partial charge >= 0.3 is 5.97 Å². The molecule has 2 aromatic carbocycles. The predicted molar refractivity (Wildman–Crippen MR) is 89.8 cm³/mol. The Morgan fingerprint density at radius 3 is 2.42 bits per heavy atom. The number of allylic oxidation sites excluding steroid dienone is 1.